The topological polar surface area (TPSA) is 67.2 Å². The number of aromatic nitrogens is 2. The molecule has 0 aromatic carbocycles. The molecule has 0 bridgehead atoms. The fourth-order valence-electron chi connectivity index (χ4n) is 4.26. The fourth-order valence-corrected chi connectivity index (χ4v) is 4.26. The summed E-state index contributed by atoms with van der Waals surface area (Å²) in [6, 6.07) is 2.10. The summed E-state index contributed by atoms with van der Waals surface area (Å²) in [5, 5.41) is 3.24. The summed E-state index contributed by atoms with van der Waals surface area (Å²) < 4.78 is 1.72. The van der Waals surface area contributed by atoms with E-state index in [1.54, 1.807) is 17.0 Å². The molecule has 1 N–H and O–H groups in total. The van der Waals surface area contributed by atoms with E-state index < -0.39 is 0 Å². The highest BCUT2D eigenvalue weighted by molar-refractivity contribution is 5.74. The molecule has 156 valence electrons. The minimum absolute atomic E-state index is 0.0217. The van der Waals surface area contributed by atoms with Gasteiger partial charge in [-0.1, -0.05) is 46.5 Å². The molecule has 1 saturated heterocycles. The Hall–Kier alpha value is -1.85. The van der Waals surface area contributed by atoms with Crippen molar-refractivity contribution in [3.63, 3.8) is 0 Å². The number of carbonyl (C=O) groups excluding carboxylic acids is 1. The van der Waals surface area contributed by atoms with Crippen molar-refractivity contribution in [2.75, 3.05) is 13.1 Å². The predicted octanol–water partition coefficient (Wildman–Crippen LogP) is 3.69. The Kier molecular flexibility index (Phi) is 6.78. The van der Waals surface area contributed by atoms with Crippen LogP contribution >= 0.6 is 0 Å². The van der Waals surface area contributed by atoms with Crippen LogP contribution in [0.15, 0.2) is 17.2 Å². The van der Waals surface area contributed by atoms with Crippen LogP contribution in [-0.4, -0.2) is 39.6 Å². The third-order valence-corrected chi connectivity index (χ3v) is 6.19. The van der Waals surface area contributed by atoms with Gasteiger partial charge < -0.3 is 10.2 Å². The van der Waals surface area contributed by atoms with Crippen LogP contribution in [-0.2, 0) is 12.0 Å². The highest BCUT2D eigenvalue weighted by atomic mass is 16.2. The summed E-state index contributed by atoms with van der Waals surface area (Å²) in [6.07, 6.45) is 10.8. The SMILES string of the molecule is CC(C)(C)c1cc(=O)n(CC2CCN(C(=O)NC3CCCCCC3)CC2)cn1. The van der Waals surface area contributed by atoms with E-state index in [0.29, 0.717) is 18.5 Å². The maximum Gasteiger partial charge on any atom is 0.317 e. The van der Waals surface area contributed by atoms with Crippen molar-refractivity contribution in [2.24, 2.45) is 5.92 Å². The molecule has 3 rings (SSSR count). The Morgan fingerprint density at radius 1 is 1.11 bits per heavy atom. The van der Waals surface area contributed by atoms with Crippen LogP contribution < -0.4 is 10.9 Å². The molecule has 1 aromatic heterocycles. The third-order valence-electron chi connectivity index (χ3n) is 6.19. The van der Waals surface area contributed by atoms with Gasteiger partial charge in [0, 0.05) is 37.2 Å². The second-order valence-electron chi connectivity index (χ2n) is 9.58. The minimum Gasteiger partial charge on any atom is -0.335 e. The zero-order valence-electron chi connectivity index (χ0n) is 17.7. The summed E-state index contributed by atoms with van der Waals surface area (Å²) in [6.45, 7) is 8.42. The van der Waals surface area contributed by atoms with E-state index in [9.17, 15) is 9.59 Å². The van der Waals surface area contributed by atoms with E-state index in [4.69, 9.17) is 0 Å². The number of amides is 2. The number of urea groups is 1. The highest BCUT2D eigenvalue weighted by Gasteiger charge is 2.25. The van der Waals surface area contributed by atoms with Crippen LogP contribution in [0.4, 0.5) is 4.79 Å². The molecule has 1 saturated carbocycles. The van der Waals surface area contributed by atoms with Crippen LogP contribution in [0.2, 0.25) is 0 Å². The Balaban J connectivity index is 1.49. The molecule has 1 aliphatic carbocycles. The van der Waals surface area contributed by atoms with Crippen molar-refractivity contribution in [2.45, 2.75) is 90.1 Å². The van der Waals surface area contributed by atoms with Gasteiger partial charge in [0.1, 0.15) is 0 Å². The third kappa shape index (κ3) is 5.58. The first-order valence-corrected chi connectivity index (χ1v) is 11.0. The number of likely N-dealkylation sites (tertiary alicyclic amines) is 1. The number of carbonyl (C=O) groups is 1. The van der Waals surface area contributed by atoms with Gasteiger partial charge in [-0.15, -0.1) is 0 Å². The smallest absolute Gasteiger partial charge is 0.317 e. The van der Waals surface area contributed by atoms with Gasteiger partial charge in [0.05, 0.1) is 12.0 Å². The lowest BCUT2D eigenvalue weighted by molar-refractivity contribution is 0.161. The zero-order chi connectivity index (χ0) is 20.1. The zero-order valence-corrected chi connectivity index (χ0v) is 17.7. The fraction of sp³-hybridized carbons (Fsp3) is 0.773. The Morgan fingerprint density at radius 2 is 1.75 bits per heavy atom. The minimum atomic E-state index is -0.117. The molecule has 0 unspecified atom stereocenters. The predicted molar refractivity (Wildman–Crippen MR) is 112 cm³/mol. The average molecular weight is 389 g/mol. The van der Waals surface area contributed by atoms with E-state index in [1.807, 2.05) is 4.90 Å². The molecule has 1 aromatic rings. The largest absolute Gasteiger partial charge is 0.335 e. The quantitative estimate of drug-likeness (QED) is 0.803. The molecular weight excluding hydrogens is 352 g/mol. The van der Waals surface area contributed by atoms with Crippen LogP contribution in [0.3, 0.4) is 0 Å². The van der Waals surface area contributed by atoms with Gasteiger partial charge >= 0.3 is 6.03 Å². The van der Waals surface area contributed by atoms with Crippen LogP contribution in [0, 0.1) is 5.92 Å². The Morgan fingerprint density at radius 3 is 2.32 bits per heavy atom. The molecule has 0 atom stereocenters. The van der Waals surface area contributed by atoms with E-state index >= 15 is 0 Å². The van der Waals surface area contributed by atoms with Gasteiger partial charge in [-0.05, 0) is 31.6 Å². The van der Waals surface area contributed by atoms with E-state index in [0.717, 1.165) is 44.5 Å². The standard InChI is InChI=1S/C22H36N4O2/c1-22(2,3)19-14-20(27)26(16-23-19)15-17-10-12-25(13-11-17)21(28)24-18-8-6-4-5-7-9-18/h14,16-18H,4-13,15H2,1-3H3,(H,24,28). The molecule has 2 heterocycles. The van der Waals surface area contributed by atoms with Crippen molar-refractivity contribution in [3.05, 3.63) is 28.4 Å². The molecule has 6 nitrogen and oxygen atoms in total. The summed E-state index contributed by atoms with van der Waals surface area (Å²) >= 11 is 0. The monoisotopic (exact) mass is 388 g/mol. The first kappa shape index (κ1) is 20.9. The van der Waals surface area contributed by atoms with Crippen molar-refractivity contribution < 1.29 is 4.79 Å². The average Bonchev–Trinajstić information content (AvgIpc) is 2.92. The summed E-state index contributed by atoms with van der Waals surface area (Å²) in [7, 11) is 0. The lowest BCUT2D eigenvalue weighted by atomic mass is 9.92. The molecule has 2 fully saturated rings. The summed E-state index contributed by atoms with van der Waals surface area (Å²) in [4.78, 5) is 31.4. The number of nitrogens with one attached hydrogen (secondary N) is 1. The van der Waals surface area contributed by atoms with Gasteiger partial charge in [-0.2, -0.15) is 0 Å². The maximum atomic E-state index is 12.6. The Labute approximate surface area is 168 Å². The molecule has 0 radical (unpaired) electrons. The van der Waals surface area contributed by atoms with Crippen molar-refractivity contribution in [1.29, 1.82) is 0 Å². The van der Waals surface area contributed by atoms with Crippen molar-refractivity contribution in [3.8, 4) is 0 Å². The summed E-state index contributed by atoms with van der Waals surface area (Å²) in [5.74, 6) is 0.418. The molecule has 0 spiro atoms. The number of hydrogen-bond acceptors (Lipinski definition) is 3. The van der Waals surface area contributed by atoms with Crippen LogP contribution in [0.1, 0.15) is 77.8 Å². The normalized spacial score (nSPS) is 20.0. The number of nitrogens with zero attached hydrogens (tertiary/aromatic N) is 3. The Bertz CT molecular complexity index is 706. The summed E-state index contributed by atoms with van der Waals surface area (Å²) in [5.41, 5.74) is 0.737. The molecule has 2 aliphatic rings. The molecular formula is C22H36N4O2. The van der Waals surface area contributed by atoms with Crippen molar-refractivity contribution in [1.82, 2.24) is 19.8 Å². The highest BCUT2D eigenvalue weighted by Crippen LogP contribution is 2.21. The van der Waals surface area contributed by atoms with Gasteiger partial charge in [0.2, 0.25) is 0 Å². The lowest BCUT2D eigenvalue weighted by Gasteiger charge is -2.33. The number of piperidine rings is 1. The molecule has 6 heteroatoms. The van der Waals surface area contributed by atoms with Gasteiger partial charge in [-0.25, -0.2) is 9.78 Å². The van der Waals surface area contributed by atoms with Gasteiger partial charge in [0.15, 0.2) is 0 Å². The molecule has 28 heavy (non-hydrogen) atoms. The van der Waals surface area contributed by atoms with Gasteiger partial charge in [0.25, 0.3) is 5.56 Å². The van der Waals surface area contributed by atoms with Crippen LogP contribution in [0.5, 0.6) is 0 Å². The van der Waals surface area contributed by atoms with E-state index in [-0.39, 0.29) is 17.0 Å². The maximum absolute atomic E-state index is 12.6. The van der Waals surface area contributed by atoms with Crippen LogP contribution in [0.25, 0.3) is 0 Å². The lowest BCUT2D eigenvalue weighted by Crippen LogP contribution is -2.48. The van der Waals surface area contributed by atoms with Crippen molar-refractivity contribution >= 4 is 6.03 Å². The second-order valence-corrected chi connectivity index (χ2v) is 9.58. The van der Waals surface area contributed by atoms with Gasteiger partial charge in [-0.3, -0.25) is 9.36 Å². The second kappa shape index (κ2) is 9.10. The first-order valence-electron chi connectivity index (χ1n) is 11.0. The molecule has 1 aliphatic heterocycles. The number of hydrogen-bond donors (Lipinski definition) is 1. The first-order chi connectivity index (χ1) is 13.3. The van der Waals surface area contributed by atoms with E-state index in [2.05, 4.69) is 31.1 Å². The van der Waals surface area contributed by atoms with E-state index in [1.165, 1.54) is 25.7 Å². The molecule has 2 amide bonds. The number of rotatable bonds is 3.